The van der Waals surface area contributed by atoms with E-state index in [1.165, 1.54) is 11.3 Å². The summed E-state index contributed by atoms with van der Waals surface area (Å²) in [6.45, 7) is 14.4. The molecule has 2 aliphatic rings. The Labute approximate surface area is 188 Å². The molecule has 0 saturated carbocycles. The zero-order valence-corrected chi connectivity index (χ0v) is 20.1. The van der Waals surface area contributed by atoms with Crippen LogP contribution in [0, 0.1) is 6.92 Å². The lowest BCUT2D eigenvalue weighted by molar-refractivity contribution is -0.145. The van der Waals surface area contributed by atoms with Gasteiger partial charge in [0.05, 0.1) is 17.1 Å². The Balaban J connectivity index is 1.98. The van der Waals surface area contributed by atoms with Gasteiger partial charge >= 0.3 is 5.97 Å². The van der Waals surface area contributed by atoms with Crippen molar-refractivity contribution in [3.05, 3.63) is 39.8 Å². The van der Waals surface area contributed by atoms with E-state index in [0.29, 0.717) is 10.9 Å². The van der Waals surface area contributed by atoms with Crippen molar-refractivity contribution in [2.45, 2.75) is 60.0 Å². The highest BCUT2D eigenvalue weighted by atomic mass is 32.2. The molecular formula is C24H30N2O4S. The summed E-state index contributed by atoms with van der Waals surface area (Å²) in [6, 6.07) is 4.56. The predicted molar refractivity (Wildman–Crippen MR) is 126 cm³/mol. The molecule has 3 rings (SSSR count). The highest BCUT2D eigenvalue weighted by Gasteiger charge is 2.37. The first-order valence-corrected chi connectivity index (χ1v) is 11.3. The van der Waals surface area contributed by atoms with Crippen LogP contribution in [0.4, 0.5) is 10.5 Å². The molecule has 2 heterocycles. The molecule has 6 nitrogen and oxygen atoms in total. The van der Waals surface area contributed by atoms with E-state index >= 15 is 0 Å². The Morgan fingerprint density at radius 3 is 2.52 bits per heavy atom. The van der Waals surface area contributed by atoms with Crippen molar-refractivity contribution in [1.29, 1.82) is 0 Å². The quantitative estimate of drug-likeness (QED) is 0.472. The fourth-order valence-corrected chi connectivity index (χ4v) is 5.25. The zero-order valence-electron chi connectivity index (χ0n) is 19.2. The van der Waals surface area contributed by atoms with Crippen LogP contribution < -0.4 is 4.90 Å². The number of imide groups is 1. The van der Waals surface area contributed by atoms with Crippen molar-refractivity contribution in [2.75, 3.05) is 18.1 Å². The largest absolute Gasteiger partial charge is 0.465 e. The first-order chi connectivity index (χ1) is 14.5. The number of ether oxygens (including phenoxy) is 1. The molecule has 0 bridgehead atoms. The molecule has 1 aromatic carbocycles. The summed E-state index contributed by atoms with van der Waals surface area (Å²) >= 11 is 0.855. The fraction of sp³-hybridized carbons (Fsp3) is 0.458. The molecule has 166 valence electrons. The predicted octanol–water partition coefficient (Wildman–Crippen LogP) is 5.00. The van der Waals surface area contributed by atoms with E-state index in [1.807, 2.05) is 6.92 Å². The molecule has 1 saturated heterocycles. The molecule has 2 amide bonds. The van der Waals surface area contributed by atoms with Gasteiger partial charge in [-0.2, -0.15) is 0 Å². The number of amides is 2. The topological polar surface area (TPSA) is 66.9 Å². The van der Waals surface area contributed by atoms with Gasteiger partial charge in [-0.15, -0.1) is 0 Å². The molecule has 7 heteroatoms. The smallest absolute Gasteiger partial charge is 0.326 e. The summed E-state index contributed by atoms with van der Waals surface area (Å²) in [6.07, 6.45) is 4.01. The highest BCUT2D eigenvalue weighted by molar-refractivity contribution is 8.18. The standard InChI is InChI=1S/C24H30N2O4S/c1-8-30-21(27)13-25-22(28)20(31-23(25)29)11-17-10-18-16(5)12-24(6,7)26(14(2)3)19(18)9-15(17)4/h9-12,14H,8,13H2,1-7H3/b20-11+. The lowest BCUT2D eigenvalue weighted by atomic mass is 9.86. The number of allylic oxidation sites excluding steroid dienone is 1. The fourth-order valence-electron chi connectivity index (χ4n) is 4.42. The van der Waals surface area contributed by atoms with Gasteiger partial charge < -0.3 is 9.64 Å². The van der Waals surface area contributed by atoms with E-state index in [2.05, 4.69) is 57.7 Å². The summed E-state index contributed by atoms with van der Waals surface area (Å²) < 4.78 is 4.87. The van der Waals surface area contributed by atoms with Gasteiger partial charge in [0, 0.05) is 17.3 Å². The first-order valence-electron chi connectivity index (χ1n) is 10.5. The third-order valence-corrected chi connectivity index (χ3v) is 6.44. The summed E-state index contributed by atoms with van der Waals surface area (Å²) in [7, 11) is 0. The van der Waals surface area contributed by atoms with Crippen LogP contribution in [0.5, 0.6) is 0 Å². The highest BCUT2D eigenvalue weighted by Crippen LogP contribution is 2.42. The maximum Gasteiger partial charge on any atom is 0.326 e. The van der Waals surface area contributed by atoms with E-state index in [0.717, 1.165) is 33.4 Å². The Morgan fingerprint density at radius 1 is 1.23 bits per heavy atom. The number of carbonyl (C=O) groups excluding carboxylic acids is 3. The maximum atomic E-state index is 12.7. The molecule has 2 aliphatic heterocycles. The van der Waals surface area contributed by atoms with Gasteiger partial charge in [0.2, 0.25) is 0 Å². The SMILES string of the molecule is CCOC(=O)CN1C(=O)S/C(=C/c2cc3c(cc2C)N(C(C)C)C(C)(C)C=C3C)C1=O. The number of carbonyl (C=O) groups is 3. The second-order valence-electron chi connectivity index (χ2n) is 8.74. The van der Waals surface area contributed by atoms with Gasteiger partial charge in [0.25, 0.3) is 11.1 Å². The number of fused-ring (bicyclic) bond motifs is 1. The van der Waals surface area contributed by atoms with E-state index in [4.69, 9.17) is 4.74 Å². The van der Waals surface area contributed by atoms with Crippen LogP contribution in [-0.2, 0) is 14.3 Å². The van der Waals surface area contributed by atoms with Crippen molar-refractivity contribution in [1.82, 2.24) is 4.90 Å². The van der Waals surface area contributed by atoms with Crippen LogP contribution in [0.3, 0.4) is 0 Å². The van der Waals surface area contributed by atoms with E-state index < -0.39 is 17.1 Å². The van der Waals surface area contributed by atoms with Crippen molar-refractivity contribution in [3.63, 3.8) is 0 Å². The molecule has 0 unspecified atom stereocenters. The van der Waals surface area contributed by atoms with Crippen molar-refractivity contribution in [2.24, 2.45) is 0 Å². The third-order valence-electron chi connectivity index (χ3n) is 5.53. The summed E-state index contributed by atoms with van der Waals surface area (Å²) in [5.74, 6) is -1.05. The maximum absolute atomic E-state index is 12.7. The second-order valence-corrected chi connectivity index (χ2v) is 9.74. The van der Waals surface area contributed by atoms with Crippen LogP contribution in [0.15, 0.2) is 23.1 Å². The van der Waals surface area contributed by atoms with Gasteiger partial charge in [0.1, 0.15) is 6.54 Å². The van der Waals surface area contributed by atoms with Crippen LogP contribution >= 0.6 is 11.8 Å². The lowest BCUT2D eigenvalue weighted by Gasteiger charge is -2.46. The molecular weight excluding hydrogens is 412 g/mol. The van der Waals surface area contributed by atoms with E-state index in [-0.39, 0.29) is 18.7 Å². The second kappa shape index (κ2) is 8.54. The zero-order chi connectivity index (χ0) is 23.1. The number of hydrogen-bond donors (Lipinski definition) is 0. The number of benzene rings is 1. The average molecular weight is 443 g/mol. The van der Waals surface area contributed by atoms with Crippen molar-refractivity contribution >= 4 is 46.2 Å². The molecule has 0 N–H and O–H groups in total. The summed E-state index contributed by atoms with van der Waals surface area (Å²) in [5.41, 5.74) is 5.28. The average Bonchev–Trinajstić information content (AvgIpc) is 2.89. The molecule has 0 aliphatic carbocycles. The van der Waals surface area contributed by atoms with E-state index in [9.17, 15) is 14.4 Å². The first kappa shape index (κ1) is 23.1. The van der Waals surface area contributed by atoms with E-state index in [1.54, 1.807) is 13.0 Å². The van der Waals surface area contributed by atoms with Crippen molar-refractivity contribution in [3.8, 4) is 0 Å². The number of esters is 1. The van der Waals surface area contributed by atoms with Gasteiger partial charge in [-0.25, -0.2) is 0 Å². The van der Waals surface area contributed by atoms with Gasteiger partial charge in [0.15, 0.2) is 0 Å². The van der Waals surface area contributed by atoms with Crippen molar-refractivity contribution < 1.29 is 19.1 Å². The number of thioether (sulfide) groups is 1. The Morgan fingerprint density at radius 2 is 1.90 bits per heavy atom. The molecule has 0 radical (unpaired) electrons. The number of anilines is 1. The normalized spacial score (nSPS) is 19.2. The Kier molecular flexibility index (Phi) is 6.37. The number of rotatable bonds is 5. The minimum atomic E-state index is -0.590. The molecule has 0 aromatic heterocycles. The van der Waals surface area contributed by atoms with Crippen LogP contribution in [0.1, 0.15) is 58.2 Å². The molecule has 1 fully saturated rings. The molecule has 0 atom stereocenters. The van der Waals surface area contributed by atoms with Crippen LogP contribution in [-0.4, -0.2) is 46.7 Å². The van der Waals surface area contributed by atoms with Gasteiger partial charge in [-0.1, -0.05) is 6.08 Å². The molecule has 1 aromatic rings. The number of aryl methyl sites for hydroxylation is 1. The lowest BCUT2D eigenvalue weighted by Crippen LogP contribution is -2.49. The van der Waals surface area contributed by atoms with Gasteiger partial charge in [-0.3, -0.25) is 19.3 Å². The summed E-state index contributed by atoms with van der Waals surface area (Å²) in [4.78, 5) is 40.4. The Bertz CT molecular complexity index is 1010. The molecule has 31 heavy (non-hydrogen) atoms. The number of nitrogens with zero attached hydrogens (tertiary/aromatic N) is 2. The third kappa shape index (κ3) is 4.42. The minimum Gasteiger partial charge on any atom is -0.465 e. The van der Waals surface area contributed by atoms with Crippen LogP contribution in [0.2, 0.25) is 0 Å². The monoisotopic (exact) mass is 442 g/mol. The van der Waals surface area contributed by atoms with Crippen LogP contribution in [0.25, 0.3) is 11.6 Å². The van der Waals surface area contributed by atoms with Gasteiger partial charge in [-0.05, 0) is 95.1 Å². The minimum absolute atomic E-state index is 0.102. The summed E-state index contributed by atoms with van der Waals surface area (Å²) in [5, 5.41) is -0.455. The molecule has 0 spiro atoms. The Hall–Kier alpha value is -2.54. The number of hydrogen-bond acceptors (Lipinski definition) is 6.